The van der Waals surface area contributed by atoms with Crippen molar-refractivity contribution in [2.45, 2.75) is 50.0 Å². The number of phenolic OH excluding ortho intramolecular Hbond substituents is 1. The molecule has 0 saturated carbocycles. The Hall–Kier alpha value is -3.36. The minimum Gasteiger partial charge on any atom is -0.508 e. The van der Waals surface area contributed by atoms with Crippen LogP contribution in [0.5, 0.6) is 5.75 Å². The molecule has 0 aliphatic heterocycles. The smallest absolute Gasteiger partial charge is 0.326 e. The molecule has 188 valence electrons. The number of amides is 4. The summed E-state index contributed by atoms with van der Waals surface area (Å²) in [4.78, 5) is 60.5. The highest BCUT2D eigenvalue weighted by Crippen LogP contribution is 2.12. The molecule has 13 nitrogen and oxygen atoms in total. The molecule has 1 aromatic rings. The number of phenols is 1. The Kier molecular flexibility index (Phi) is 11.3. The standard InChI is InChI=1S/C20H29N5O8S/c1-9(26)16(25-17(29)12(21)8-34)19(31)23-13(7-15(22)28)18(30)24-14(20(32)33)6-10-2-4-11(27)5-3-10/h2-5,9,12-14,16,26-27,34H,6-8,21H2,1H3,(H2,22,28)(H,23,31)(H,24,30)(H,25,29)(H,32,33). The molecule has 14 heteroatoms. The van der Waals surface area contributed by atoms with Gasteiger partial charge in [-0.1, -0.05) is 12.1 Å². The van der Waals surface area contributed by atoms with Crippen LogP contribution in [0.1, 0.15) is 18.9 Å². The van der Waals surface area contributed by atoms with Gasteiger partial charge in [0.25, 0.3) is 0 Å². The molecule has 0 aliphatic carbocycles. The lowest BCUT2D eigenvalue weighted by molar-refractivity contribution is -0.142. The van der Waals surface area contributed by atoms with Gasteiger partial charge in [0.15, 0.2) is 0 Å². The minimum absolute atomic E-state index is 0.0287. The number of hydrogen-bond acceptors (Lipinski definition) is 9. The number of aromatic hydroxyl groups is 1. The lowest BCUT2D eigenvalue weighted by Crippen LogP contribution is -2.60. The average molecular weight is 500 g/mol. The SMILES string of the molecule is CC(O)C(NC(=O)C(N)CS)C(=O)NC(CC(N)=O)C(=O)NC(Cc1ccc(O)cc1)C(=O)O. The number of primary amides is 1. The van der Waals surface area contributed by atoms with Crippen molar-refractivity contribution >= 4 is 42.2 Å². The summed E-state index contributed by atoms with van der Waals surface area (Å²) in [5.41, 5.74) is 11.2. The van der Waals surface area contributed by atoms with E-state index < -0.39 is 66.3 Å². The van der Waals surface area contributed by atoms with Crippen molar-refractivity contribution in [1.29, 1.82) is 0 Å². The first-order valence-corrected chi connectivity index (χ1v) is 10.7. The van der Waals surface area contributed by atoms with Crippen LogP contribution in [-0.4, -0.2) is 80.9 Å². The van der Waals surface area contributed by atoms with Gasteiger partial charge in [-0.05, 0) is 24.6 Å². The van der Waals surface area contributed by atoms with Gasteiger partial charge < -0.3 is 42.7 Å². The van der Waals surface area contributed by atoms with Crippen LogP contribution in [0.3, 0.4) is 0 Å². The molecule has 0 radical (unpaired) electrons. The fourth-order valence-corrected chi connectivity index (χ4v) is 2.93. The van der Waals surface area contributed by atoms with Crippen molar-refractivity contribution in [3.8, 4) is 5.75 Å². The number of carbonyl (C=O) groups excluding carboxylic acids is 4. The fourth-order valence-electron chi connectivity index (χ4n) is 2.76. The lowest BCUT2D eigenvalue weighted by Gasteiger charge is -2.26. The van der Waals surface area contributed by atoms with Gasteiger partial charge in [-0.3, -0.25) is 19.2 Å². The highest BCUT2D eigenvalue weighted by molar-refractivity contribution is 7.80. The molecule has 0 spiro atoms. The van der Waals surface area contributed by atoms with Crippen molar-refractivity contribution in [2.75, 3.05) is 5.75 Å². The molecule has 10 N–H and O–H groups in total. The number of hydrogen-bond donors (Lipinski definition) is 9. The van der Waals surface area contributed by atoms with Gasteiger partial charge in [0.1, 0.15) is 23.9 Å². The zero-order chi connectivity index (χ0) is 26.0. The Labute approximate surface area is 200 Å². The van der Waals surface area contributed by atoms with Crippen LogP contribution < -0.4 is 27.4 Å². The Morgan fingerprint density at radius 1 is 0.971 bits per heavy atom. The second-order valence-corrected chi connectivity index (χ2v) is 7.88. The van der Waals surface area contributed by atoms with Crippen LogP contribution in [0.25, 0.3) is 0 Å². The number of rotatable bonds is 13. The largest absolute Gasteiger partial charge is 0.508 e. The predicted octanol–water partition coefficient (Wildman–Crippen LogP) is -3.01. The highest BCUT2D eigenvalue weighted by atomic mass is 32.1. The van der Waals surface area contributed by atoms with E-state index in [0.717, 1.165) is 0 Å². The number of aliphatic hydroxyl groups excluding tert-OH is 1. The third-order valence-corrected chi connectivity index (χ3v) is 5.02. The summed E-state index contributed by atoms with van der Waals surface area (Å²) in [7, 11) is 0. The van der Waals surface area contributed by atoms with Crippen LogP contribution >= 0.6 is 12.6 Å². The van der Waals surface area contributed by atoms with Gasteiger partial charge in [0.2, 0.25) is 23.6 Å². The fraction of sp³-hybridized carbons (Fsp3) is 0.450. The van der Waals surface area contributed by atoms with E-state index in [1.54, 1.807) is 0 Å². The van der Waals surface area contributed by atoms with Gasteiger partial charge >= 0.3 is 5.97 Å². The zero-order valence-corrected chi connectivity index (χ0v) is 19.2. The molecule has 5 unspecified atom stereocenters. The van der Waals surface area contributed by atoms with Crippen molar-refractivity contribution in [3.05, 3.63) is 29.8 Å². The molecule has 0 fully saturated rings. The van der Waals surface area contributed by atoms with Gasteiger partial charge in [0, 0.05) is 12.2 Å². The summed E-state index contributed by atoms with van der Waals surface area (Å²) in [6.07, 6.45) is -2.25. The average Bonchev–Trinajstić information content (AvgIpc) is 2.76. The van der Waals surface area contributed by atoms with E-state index in [9.17, 15) is 39.3 Å². The summed E-state index contributed by atoms with van der Waals surface area (Å²) >= 11 is 3.88. The molecular weight excluding hydrogens is 470 g/mol. The van der Waals surface area contributed by atoms with Gasteiger partial charge in [-0.15, -0.1) is 0 Å². The summed E-state index contributed by atoms with van der Waals surface area (Å²) in [6.45, 7) is 1.21. The Balaban J connectivity index is 2.99. The van der Waals surface area contributed by atoms with E-state index in [4.69, 9.17) is 11.5 Å². The monoisotopic (exact) mass is 499 g/mol. The number of carboxylic acid groups (broad SMARTS) is 1. The van der Waals surface area contributed by atoms with E-state index in [0.29, 0.717) is 5.56 Å². The van der Waals surface area contributed by atoms with Crippen LogP contribution in [0.2, 0.25) is 0 Å². The highest BCUT2D eigenvalue weighted by Gasteiger charge is 2.33. The summed E-state index contributed by atoms with van der Waals surface area (Å²) in [5.74, 6) is -5.26. The van der Waals surface area contributed by atoms with Crippen molar-refractivity contribution in [1.82, 2.24) is 16.0 Å². The van der Waals surface area contributed by atoms with Crippen LogP contribution in [0, 0.1) is 0 Å². The second kappa shape index (κ2) is 13.4. The van der Waals surface area contributed by atoms with Crippen LogP contribution in [0.4, 0.5) is 0 Å². The van der Waals surface area contributed by atoms with E-state index >= 15 is 0 Å². The Bertz CT molecular complexity index is 895. The number of aliphatic carboxylic acids is 1. The quantitative estimate of drug-likeness (QED) is 0.125. The molecule has 0 aromatic heterocycles. The second-order valence-electron chi connectivity index (χ2n) is 7.52. The number of nitrogens with two attached hydrogens (primary N) is 2. The number of carboxylic acids is 1. The number of benzene rings is 1. The number of thiol groups is 1. The summed E-state index contributed by atoms with van der Waals surface area (Å²) in [6, 6.07) is -0.0236. The normalized spacial score (nSPS) is 15.2. The van der Waals surface area contributed by atoms with Crippen LogP contribution in [-0.2, 0) is 30.4 Å². The molecule has 0 bridgehead atoms. The maximum atomic E-state index is 12.7. The van der Waals surface area contributed by atoms with E-state index in [1.165, 1.54) is 31.2 Å². The maximum absolute atomic E-state index is 12.7. The van der Waals surface area contributed by atoms with Gasteiger partial charge in [0.05, 0.1) is 18.6 Å². The lowest BCUT2D eigenvalue weighted by atomic mass is 10.0. The molecular formula is C20H29N5O8S. The van der Waals surface area contributed by atoms with E-state index in [-0.39, 0.29) is 17.9 Å². The van der Waals surface area contributed by atoms with Crippen molar-refractivity contribution in [2.24, 2.45) is 11.5 Å². The van der Waals surface area contributed by atoms with Gasteiger partial charge in [-0.25, -0.2) is 4.79 Å². The molecule has 34 heavy (non-hydrogen) atoms. The van der Waals surface area contributed by atoms with E-state index in [2.05, 4.69) is 28.6 Å². The first-order chi connectivity index (χ1) is 15.8. The molecule has 0 heterocycles. The first-order valence-electron chi connectivity index (χ1n) is 10.1. The van der Waals surface area contributed by atoms with Crippen LogP contribution in [0.15, 0.2) is 24.3 Å². The number of carbonyl (C=O) groups is 5. The van der Waals surface area contributed by atoms with Gasteiger partial charge in [-0.2, -0.15) is 12.6 Å². The molecule has 4 amide bonds. The third kappa shape index (κ3) is 9.25. The minimum atomic E-state index is -1.59. The first kappa shape index (κ1) is 28.7. The Morgan fingerprint density at radius 3 is 2.00 bits per heavy atom. The van der Waals surface area contributed by atoms with Crippen molar-refractivity contribution < 1.29 is 39.3 Å². The molecule has 1 aromatic carbocycles. The Morgan fingerprint density at radius 2 is 1.53 bits per heavy atom. The maximum Gasteiger partial charge on any atom is 0.326 e. The third-order valence-electron chi connectivity index (χ3n) is 4.63. The number of aliphatic hydroxyl groups is 1. The van der Waals surface area contributed by atoms with Crippen molar-refractivity contribution in [3.63, 3.8) is 0 Å². The zero-order valence-electron chi connectivity index (χ0n) is 18.3. The molecule has 5 atom stereocenters. The topological polar surface area (TPSA) is 234 Å². The summed E-state index contributed by atoms with van der Waals surface area (Å²) < 4.78 is 0. The van der Waals surface area contributed by atoms with E-state index in [1.807, 2.05) is 0 Å². The predicted molar refractivity (Wildman–Crippen MR) is 123 cm³/mol. The molecule has 0 aliphatic rings. The molecule has 0 saturated heterocycles. The number of nitrogens with one attached hydrogen (secondary N) is 3. The summed E-state index contributed by atoms with van der Waals surface area (Å²) in [5, 5.41) is 35.4. The molecule has 1 rings (SSSR count).